The summed E-state index contributed by atoms with van der Waals surface area (Å²) >= 11 is 1.51. The summed E-state index contributed by atoms with van der Waals surface area (Å²) in [5, 5.41) is 20.1. The Kier molecular flexibility index (Phi) is 4.16. The van der Waals surface area contributed by atoms with Crippen molar-refractivity contribution in [3.05, 3.63) is 47.3 Å². The third kappa shape index (κ3) is 2.72. The number of nitriles is 1. The molecule has 22 heavy (non-hydrogen) atoms. The van der Waals surface area contributed by atoms with Crippen molar-refractivity contribution in [2.24, 2.45) is 10.1 Å². The van der Waals surface area contributed by atoms with E-state index < -0.39 is 0 Å². The van der Waals surface area contributed by atoms with Gasteiger partial charge in [0.1, 0.15) is 28.7 Å². The van der Waals surface area contributed by atoms with Gasteiger partial charge in [-0.3, -0.25) is 0 Å². The molecular formula is C16H17N5S. The van der Waals surface area contributed by atoms with Crippen LogP contribution in [0.3, 0.4) is 0 Å². The second kappa shape index (κ2) is 6.24. The highest BCUT2D eigenvalue weighted by Gasteiger charge is 2.34. The van der Waals surface area contributed by atoms with Crippen LogP contribution in [-0.2, 0) is 6.54 Å². The van der Waals surface area contributed by atoms with E-state index in [0.29, 0.717) is 12.1 Å². The van der Waals surface area contributed by atoms with Gasteiger partial charge in [0.2, 0.25) is 0 Å². The first-order valence-corrected chi connectivity index (χ1v) is 8.33. The summed E-state index contributed by atoms with van der Waals surface area (Å²) < 4.78 is 0. The number of aliphatic imine (C=N–C) groups is 1. The van der Waals surface area contributed by atoms with E-state index in [9.17, 15) is 5.26 Å². The Morgan fingerprint density at radius 1 is 1.41 bits per heavy atom. The highest BCUT2D eigenvalue weighted by molar-refractivity contribution is 8.13. The molecule has 0 spiro atoms. The predicted octanol–water partition coefficient (Wildman–Crippen LogP) is 2.69. The highest BCUT2D eigenvalue weighted by Crippen LogP contribution is 2.30. The number of rotatable bonds is 3. The van der Waals surface area contributed by atoms with Gasteiger partial charge >= 0.3 is 0 Å². The first-order valence-electron chi connectivity index (χ1n) is 7.10. The van der Waals surface area contributed by atoms with E-state index in [4.69, 9.17) is 0 Å². The Morgan fingerprint density at radius 3 is 2.86 bits per heavy atom. The van der Waals surface area contributed by atoms with Crippen LogP contribution in [0.5, 0.6) is 0 Å². The smallest absolute Gasteiger partial charge is 0.150 e. The lowest BCUT2D eigenvalue weighted by Gasteiger charge is -2.29. The van der Waals surface area contributed by atoms with Crippen LogP contribution in [0.15, 0.2) is 51.8 Å². The Labute approximate surface area is 134 Å². The van der Waals surface area contributed by atoms with Gasteiger partial charge in [0.05, 0.1) is 0 Å². The van der Waals surface area contributed by atoms with Crippen molar-refractivity contribution in [3.8, 4) is 6.07 Å². The summed E-state index contributed by atoms with van der Waals surface area (Å²) in [6.07, 6.45) is 2.72. The zero-order valence-corrected chi connectivity index (χ0v) is 13.4. The van der Waals surface area contributed by atoms with E-state index in [1.54, 1.807) is 0 Å². The fourth-order valence-corrected chi connectivity index (χ4v) is 3.14. The van der Waals surface area contributed by atoms with E-state index in [0.717, 1.165) is 28.6 Å². The number of nitrogens with zero attached hydrogens (tertiary/aromatic N) is 4. The summed E-state index contributed by atoms with van der Waals surface area (Å²) in [7, 11) is 0. The van der Waals surface area contributed by atoms with E-state index in [2.05, 4.69) is 33.6 Å². The molecule has 0 fully saturated rings. The van der Waals surface area contributed by atoms with Crippen LogP contribution < -0.4 is 5.32 Å². The normalized spacial score (nSPS) is 20.2. The van der Waals surface area contributed by atoms with Crippen molar-refractivity contribution in [1.82, 2.24) is 10.3 Å². The van der Waals surface area contributed by atoms with Gasteiger partial charge in [-0.1, -0.05) is 30.3 Å². The molecule has 0 radical (unpaired) electrons. The fourth-order valence-electron chi connectivity index (χ4n) is 2.56. The van der Waals surface area contributed by atoms with Crippen molar-refractivity contribution >= 4 is 22.5 Å². The molecule has 0 bridgehead atoms. The first-order chi connectivity index (χ1) is 10.7. The summed E-state index contributed by atoms with van der Waals surface area (Å²) in [6, 6.07) is 12.4. The van der Waals surface area contributed by atoms with Gasteiger partial charge in [-0.25, -0.2) is 10.0 Å². The van der Waals surface area contributed by atoms with Gasteiger partial charge in [-0.15, -0.1) is 11.8 Å². The number of nitrogens with one attached hydrogen (secondary N) is 1. The summed E-state index contributed by atoms with van der Waals surface area (Å²) in [5.74, 6) is 0.757. The van der Waals surface area contributed by atoms with Crippen LogP contribution in [0.4, 0.5) is 0 Å². The van der Waals surface area contributed by atoms with Gasteiger partial charge in [-0.05, 0) is 18.7 Å². The number of hydrogen-bond acceptors (Lipinski definition) is 6. The van der Waals surface area contributed by atoms with Crippen LogP contribution in [0.1, 0.15) is 18.9 Å². The highest BCUT2D eigenvalue weighted by atomic mass is 32.2. The van der Waals surface area contributed by atoms with Crippen LogP contribution in [0.25, 0.3) is 0 Å². The number of benzene rings is 1. The number of thioether (sulfide) groups is 1. The molecule has 2 aliphatic heterocycles. The van der Waals surface area contributed by atoms with Gasteiger partial charge in [-0.2, -0.15) is 10.4 Å². The topological polar surface area (TPSA) is 63.8 Å². The average Bonchev–Trinajstić information content (AvgIpc) is 2.92. The number of hydrazone groups is 1. The fraction of sp³-hybridized carbons (Fsp3) is 0.312. The summed E-state index contributed by atoms with van der Waals surface area (Å²) in [6.45, 7) is 2.65. The Balaban J connectivity index is 1.91. The second-order valence-corrected chi connectivity index (χ2v) is 5.97. The molecule has 1 aromatic rings. The summed E-state index contributed by atoms with van der Waals surface area (Å²) in [5.41, 5.74) is 2.77. The van der Waals surface area contributed by atoms with Crippen molar-refractivity contribution in [1.29, 1.82) is 5.26 Å². The van der Waals surface area contributed by atoms with Gasteiger partial charge in [0.15, 0.2) is 0 Å². The van der Waals surface area contributed by atoms with E-state index in [-0.39, 0.29) is 6.17 Å². The number of hydrogen-bond donors (Lipinski definition) is 1. The largest absolute Gasteiger partial charge is 0.365 e. The minimum Gasteiger partial charge on any atom is -0.365 e. The van der Waals surface area contributed by atoms with Gasteiger partial charge in [0, 0.05) is 18.7 Å². The first kappa shape index (κ1) is 14.7. The monoisotopic (exact) mass is 311 g/mol. The van der Waals surface area contributed by atoms with E-state index >= 15 is 0 Å². The maximum absolute atomic E-state index is 9.53. The maximum Gasteiger partial charge on any atom is 0.150 e. The van der Waals surface area contributed by atoms with Crippen molar-refractivity contribution in [3.63, 3.8) is 0 Å². The number of fused-ring (bicyclic) bond motifs is 1. The van der Waals surface area contributed by atoms with Crippen molar-refractivity contribution < 1.29 is 0 Å². The molecule has 1 N–H and O–H groups in total. The molecule has 112 valence electrons. The maximum atomic E-state index is 9.53. The molecular weight excluding hydrogens is 294 g/mol. The van der Waals surface area contributed by atoms with Crippen LogP contribution >= 0.6 is 11.8 Å². The molecule has 1 aromatic carbocycles. The van der Waals surface area contributed by atoms with Crippen LogP contribution in [0.2, 0.25) is 0 Å². The van der Waals surface area contributed by atoms with Gasteiger partial charge in [0.25, 0.3) is 0 Å². The minimum atomic E-state index is -0.0298. The molecule has 1 atom stereocenters. The SMILES string of the molecule is CSC1=NC2CC(C)=NN2C(NCc2ccccc2)=C1C#N. The predicted molar refractivity (Wildman–Crippen MR) is 90.2 cm³/mol. The Hall–Kier alpha value is -2.26. The lowest BCUT2D eigenvalue weighted by molar-refractivity contribution is 0.275. The third-order valence-corrected chi connectivity index (χ3v) is 4.29. The molecule has 0 aliphatic carbocycles. The lowest BCUT2D eigenvalue weighted by atomic mass is 10.2. The van der Waals surface area contributed by atoms with Gasteiger partial charge < -0.3 is 5.32 Å². The van der Waals surface area contributed by atoms with E-state index in [1.807, 2.05) is 36.4 Å². The molecule has 0 saturated carbocycles. The van der Waals surface area contributed by atoms with Crippen LogP contribution in [-0.4, -0.2) is 28.2 Å². The minimum absolute atomic E-state index is 0.0298. The van der Waals surface area contributed by atoms with Crippen molar-refractivity contribution in [2.45, 2.75) is 26.1 Å². The molecule has 0 aromatic heterocycles. The lowest BCUT2D eigenvalue weighted by Crippen LogP contribution is -2.37. The summed E-state index contributed by atoms with van der Waals surface area (Å²) in [4.78, 5) is 4.64. The molecule has 1 unspecified atom stereocenters. The van der Waals surface area contributed by atoms with Crippen LogP contribution in [0, 0.1) is 11.3 Å². The molecule has 0 amide bonds. The second-order valence-electron chi connectivity index (χ2n) is 5.18. The molecule has 2 heterocycles. The molecule has 0 saturated heterocycles. The third-order valence-electron chi connectivity index (χ3n) is 3.59. The quantitative estimate of drug-likeness (QED) is 0.932. The Morgan fingerprint density at radius 2 is 2.18 bits per heavy atom. The standard InChI is InChI=1S/C16H17N5S/c1-11-8-14-19-16(22-2)13(9-17)15(21(14)20-11)18-10-12-6-4-3-5-7-12/h3-7,14,18H,8,10H2,1-2H3. The van der Waals surface area contributed by atoms with Crippen molar-refractivity contribution in [2.75, 3.05) is 6.26 Å². The molecule has 6 heteroatoms. The molecule has 2 aliphatic rings. The molecule has 3 rings (SSSR count). The van der Waals surface area contributed by atoms with E-state index in [1.165, 1.54) is 11.8 Å². The average molecular weight is 311 g/mol. The molecule has 5 nitrogen and oxygen atoms in total. The zero-order chi connectivity index (χ0) is 15.5. The Bertz CT molecular complexity index is 699. The zero-order valence-electron chi connectivity index (χ0n) is 12.6.